The minimum Gasteiger partial charge on any atom is -0.484 e. The van der Waals surface area contributed by atoms with Crippen molar-refractivity contribution in [1.82, 2.24) is 0 Å². The fraction of sp³-hybridized carbons (Fsp3) is 0.125. The maximum absolute atomic E-state index is 10.2. The van der Waals surface area contributed by atoms with E-state index in [9.17, 15) is 4.79 Å². The van der Waals surface area contributed by atoms with E-state index < -0.39 is 5.91 Å². The van der Waals surface area contributed by atoms with Gasteiger partial charge in [0.1, 0.15) is 5.76 Å². The minimum atomic E-state index is -0.516. The van der Waals surface area contributed by atoms with Gasteiger partial charge in [-0.25, -0.2) is 0 Å². The van der Waals surface area contributed by atoms with E-state index in [1.54, 1.807) is 18.2 Å². The molecule has 0 heterocycles. The largest absolute Gasteiger partial charge is 0.484 e. The summed E-state index contributed by atoms with van der Waals surface area (Å²) in [4.78, 5) is 10.2. The van der Waals surface area contributed by atoms with Crippen molar-refractivity contribution in [1.29, 1.82) is 0 Å². The molecule has 0 aromatic heterocycles. The molecule has 60 valence electrons. The van der Waals surface area contributed by atoms with Crippen LogP contribution in [0.3, 0.4) is 0 Å². The highest BCUT2D eigenvalue weighted by Crippen LogP contribution is 1.94. The van der Waals surface area contributed by atoms with Gasteiger partial charge >= 0.3 is 0 Å². The van der Waals surface area contributed by atoms with Gasteiger partial charge in [-0.3, -0.25) is 4.79 Å². The number of nitrogens with two attached hydrogens (primary N) is 1. The second-order valence-corrected chi connectivity index (χ2v) is 1.82. The summed E-state index contributed by atoms with van der Waals surface area (Å²) in [5.74, 6) is -0.123. The molecule has 2 N–H and O–H groups in total. The maximum Gasteiger partial charge on any atom is 0.255 e. The Morgan fingerprint density at radius 3 is 2.73 bits per heavy atom. The molecule has 0 saturated carbocycles. The van der Waals surface area contributed by atoms with Gasteiger partial charge in [-0.05, 0) is 6.08 Å². The molecule has 0 aliphatic carbocycles. The van der Waals surface area contributed by atoms with Gasteiger partial charge in [-0.15, -0.1) is 0 Å². The fourth-order valence-electron chi connectivity index (χ4n) is 0.387. The Labute approximate surface area is 65.8 Å². The molecule has 0 atom stereocenters. The Morgan fingerprint density at radius 2 is 2.27 bits per heavy atom. The molecule has 0 saturated heterocycles. The third-order valence-electron chi connectivity index (χ3n) is 0.818. The molecule has 0 aliphatic heterocycles. The number of ether oxygens (including phenoxy) is 1. The van der Waals surface area contributed by atoms with Crippen LogP contribution in [0.5, 0.6) is 0 Å². The van der Waals surface area contributed by atoms with E-state index >= 15 is 0 Å². The van der Waals surface area contributed by atoms with Crippen LogP contribution in [0, 0.1) is 0 Å². The number of carbonyl (C=O) groups excluding carboxylic acids is 1. The molecule has 0 radical (unpaired) electrons. The summed E-state index contributed by atoms with van der Waals surface area (Å²) >= 11 is 0. The van der Waals surface area contributed by atoms with Gasteiger partial charge < -0.3 is 10.5 Å². The molecule has 0 aromatic carbocycles. The van der Waals surface area contributed by atoms with E-state index in [-0.39, 0.29) is 6.61 Å². The second kappa shape index (κ2) is 5.29. The third kappa shape index (κ3) is 6.37. The Bertz CT molecular complexity index is 194. The number of rotatable bonds is 5. The van der Waals surface area contributed by atoms with E-state index in [4.69, 9.17) is 10.5 Å². The molecule has 0 aliphatic rings. The van der Waals surface area contributed by atoms with Crippen LogP contribution in [0.1, 0.15) is 0 Å². The third-order valence-corrected chi connectivity index (χ3v) is 0.818. The first-order chi connectivity index (χ1) is 5.16. The number of primary amides is 1. The molecule has 1 amide bonds. The molecule has 0 aromatic rings. The van der Waals surface area contributed by atoms with Crippen LogP contribution < -0.4 is 5.73 Å². The summed E-state index contributed by atoms with van der Waals surface area (Å²) in [7, 11) is 0. The smallest absolute Gasteiger partial charge is 0.255 e. The molecule has 11 heavy (non-hydrogen) atoms. The average Bonchev–Trinajstić information content (AvgIpc) is 1.97. The number of hydrogen-bond acceptors (Lipinski definition) is 2. The Balaban J connectivity index is 3.61. The van der Waals surface area contributed by atoms with Gasteiger partial charge in [0.2, 0.25) is 0 Å². The Kier molecular flexibility index (Phi) is 4.56. The van der Waals surface area contributed by atoms with Crippen molar-refractivity contribution >= 4 is 5.91 Å². The van der Waals surface area contributed by atoms with Crippen LogP contribution in [0.4, 0.5) is 0 Å². The topological polar surface area (TPSA) is 52.3 Å². The molecule has 0 fully saturated rings. The van der Waals surface area contributed by atoms with Crippen LogP contribution in [0.15, 0.2) is 37.1 Å². The summed E-state index contributed by atoms with van der Waals surface area (Å²) in [6.07, 6.45) is 4.83. The predicted octanol–water partition coefficient (Wildman–Crippen LogP) is 0.744. The van der Waals surface area contributed by atoms with Gasteiger partial charge in [0, 0.05) is 0 Å². The highest BCUT2D eigenvalue weighted by atomic mass is 16.5. The van der Waals surface area contributed by atoms with Crippen LogP contribution >= 0.6 is 0 Å². The summed E-state index contributed by atoms with van der Waals surface area (Å²) in [5.41, 5.74) is 4.82. The summed E-state index contributed by atoms with van der Waals surface area (Å²) in [6, 6.07) is 0. The monoisotopic (exact) mass is 153 g/mol. The van der Waals surface area contributed by atoms with E-state index in [2.05, 4.69) is 13.2 Å². The van der Waals surface area contributed by atoms with Crippen molar-refractivity contribution in [3.8, 4) is 0 Å². The summed E-state index contributed by atoms with van der Waals surface area (Å²) < 4.78 is 4.80. The molecular formula is C8H11NO2. The van der Waals surface area contributed by atoms with Crippen LogP contribution in [0.2, 0.25) is 0 Å². The fourth-order valence-corrected chi connectivity index (χ4v) is 0.387. The van der Waals surface area contributed by atoms with Crippen molar-refractivity contribution in [2.75, 3.05) is 6.61 Å². The Morgan fingerprint density at radius 1 is 1.64 bits per heavy atom. The lowest BCUT2D eigenvalue weighted by Gasteiger charge is -2.00. The van der Waals surface area contributed by atoms with Crippen LogP contribution in [0.25, 0.3) is 0 Å². The highest BCUT2D eigenvalue weighted by molar-refractivity contribution is 5.75. The van der Waals surface area contributed by atoms with E-state index in [1.807, 2.05) is 0 Å². The molecule has 3 nitrogen and oxygen atoms in total. The van der Waals surface area contributed by atoms with E-state index in [0.717, 1.165) is 0 Å². The molecule has 0 rings (SSSR count). The first-order valence-electron chi connectivity index (χ1n) is 3.06. The van der Waals surface area contributed by atoms with Gasteiger partial charge in [0.25, 0.3) is 5.91 Å². The minimum absolute atomic E-state index is 0.139. The number of carbonyl (C=O) groups is 1. The molecule has 0 bridgehead atoms. The highest BCUT2D eigenvalue weighted by Gasteiger charge is 1.93. The lowest BCUT2D eigenvalue weighted by atomic mass is 10.4. The molecule has 3 heteroatoms. The van der Waals surface area contributed by atoms with Crippen molar-refractivity contribution in [2.45, 2.75) is 0 Å². The zero-order valence-electron chi connectivity index (χ0n) is 6.25. The summed E-state index contributed by atoms with van der Waals surface area (Å²) in [6.45, 7) is 6.81. The molecule has 0 unspecified atom stereocenters. The molecular weight excluding hydrogens is 142 g/mol. The predicted molar refractivity (Wildman–Crippen MR) is 43.6 cm³/mol. The zero-order valence-corrected chi connectivity index (χ0v) is 6.25. The van der Waals surface area contributed by atoms with Gasteiger partial charge in [-0.1, -0.05) is 25.3 Å². The number of allylic oxidation sites excluding steroid dienone is 3. The average molecular weight is 153 g/mol. The zero-order chi connectivity index (χ0) is 8.69. The van der Waals surface area contributed by atoms with Crippen molar-refractivity contribution in [2.24, 2.45) is 5.73 Å². The first-order valence-corrected chi connectivity index (χ1v) is 3.06. The van der Waals surface area contributed by atoms with Crippen LogP contribution in [-0.2, 0) is 9.53 Å². The van der Waals surface area contributed by atoms with Gasteiger partial charge in [-0.2, -0.15) is 0 Å². The normalized spacial score (nSPS) is 9.45. The van der Waals surface area contributed by atoms with Gasteiger partial charge in [0.15, 0.2) is 6.61 Å². The standard InChI is InChI=1S/C8H11NO2/c1-3-4-5-7(2)11-6-8(9)10/h3-5H,1-2,6H2,(H2,9,10)/b5-4-. The first kappa shape index (κ1) is 9.49. The number of amides is 1. The lowest BCUT2D eigenvalue weighted by Crippen LogP contribution is -2.17. The van der Waals surface area contributed by atoms with E-state index in [1.165, 1.54) is 0 Å². The lowest BCUT2D eigenvalue weighted by molar-refractivity contribution is -0.121. The maximum atomic E-state index is 10.2. The van der Waals surface area contributed by atoms with Crippen molar-refractivity contribution in [3.63, 3.8) is 0 Å². The van der Waals surface area contributed by atoms with Gasteiger partial charge in [0.05, 0.1) is 0 Å². The summed E-state index contributed by atoms with van der Waals surface area (Å²) in [5, 5.41) is 0. The quantitative estimate of drug-likeness (QED) is 0.468. The Hall–Kier alpha value is -1.51. The number of hydrogen-bond donors (Lipinski definition) is 1. The van der Waals surface area contributed by atoms with Crippen LogP contribution in [-0.4, -0.2) is 12.5 Å². The SMILES string of the molecule is C=C/C=C\C(=C)OCC(N)=O. The van der Waals surface area contributed by atoms with Crippen molar-refractivity contribution in [3.05, 3.63) is 37.1 Å². The van der Waals surface area contributed by atoms with Crippen molar-refractivity contribution < 1.29 is 9.53 Å². The van der Waals surface area contributed by atoms with E-state index in [0.29, 0.717) is 5.76 Å². The second-order valence-electron chi connectivity index (χ2n) is 1.82. The molecule has 0 spiro atoms.